The topological polar surface area (TPSA) is 29.5 Å². The molecule has 0 aromatic rings. The summed E-state index contributed by atoms with van der Waals surface area (Å²) in [5.74, 6) is 0.890. The zero-order valence-corrected chi connectivity index (χ0v) is 11.3. The van der Waals surface area contributed by atoms with Gasteiger partial charge in [-0.15, -0.1) is 0 Å². The van der Waals surface area contributed by atoms with Gasteiger partial charge in [-0.3, -0.25) is 9.69 Å². The van der Waals surface area contributed by atoms with E-state index in [0.29, 0.717) is 23.8 Å². The highest BCUT2D eigenvalue weighted by Crippen LogP contribution is 2.33. The van der Waals surface area contributed by atoms with Crippen molar-refractivity contribution in [1.29, 1.82) is 0 Å². The van der Waals surface area contributed by atoms with Crippen LogP contribution in [0.15, 0.2) is 0 Å². The second-order valence-electron chi connectivity index (χ2n) is 6.13. The molecule has 1 aliphatic carbocycles. The molecule has 3 nitrogen and oxygen atoms in total. The molecule has 18 heavy (non-hydrogen) atoms. The third-order valence-electron chi connectivity index (χ3n) is 4.99. The van der Waals surface area contributed by atoms with Crippen LogP contribution in [-0.4, -0.2) is 42.5 Å². The van der Waals surface area contributed by atoms with Gasteiger partial charge in [-0.25, -0.2) is 0 Å². The lowest BCUT2D eigenvalue weighted by Gasteiger charge is -2.29. The Morgan fingerprint density at radius 2 is 2.11 bits per heavy atom. The van der Waals surface area contributed by atoms with E-state index < -0.39 is 0 Å². The molecular formula is C15H25NO2. The first kappa shape index (κ1) is 12.6. The molecule has 3 unspecified atom stereocenters. The average Bonchev–Trinajstić information content (AvgIpc) is 3.06. The zero-order valence-electron chi connectivity index (χ0n) is 11.3. The summed E-state index contributed by atoms with van der Waals surface area (Å²) in [6.45, 7) is 3.29. The summed E-state index contributed by atoms with van der Waals surface area (Å²) in [4.78, 5) is 14.5. The van der Waals surface area contributed by atoms with Crippen molar-refractivity contribution >= 4 is 5.78 Å². The number of carbonyl (C=O) groups excluding carboxylic acids is 1. The van der Waals surface area contributed by atoms with Crippen LogP contribution in [0.4, 0.5) is 0 Å². The molecule has 3 fully saturated rings. The first-order valence-electron chi connectivity index (χ1n) is 7.73. The minimum atomic E-state index is 0.358. The first-order chi connectivity index (χ1) is 8.84. The van der Waals surface area contributed by atoms with Gasteiger partial charge in [0.1, 0.15) is 5.78 Å². The van der Waals surface area contributed by atoms with E-state index >= 15 is 0 Å². The lowest BCUT2D eigenvalue weighted by atomic mass is 9.95. The molecule has 1 saturated carbocycles. The fourth-order valence-corrected chi connectivity index (χ4v) is 4.02. The Kier molecular flexibility index (Phi) is 4.00. The van der Waals surface area contributed by atoms with Gasteiger partial charge in [0.15, 0.2) is 0 Å². The van der Waals surface area contributed by atoms with Gasteiger partial charge in [-0.2, -0.15) is 0 Å². The number of nitrogens with zero attached hydrogens (tertiary/aromatic N) is 1. The van der Waals surface area contributed by atoms with Crippen LogP contribution >= 0.6 is 0 Å². The molecule has 0 aromatic heterocycles. The van der Waals surface area contributed by atoms with Crippen molar-refractivity contribution in [1.82, 2.24) is 4.90 Å². The molecule has 102 valence electrons. The van der Waals surface area contributed by atoms with Gasteiger partial charge < -0.3 is 4.74 Å². The summed E-state index contributed by atoms with van der Waals surface area (Å²) in [6.07, 6.45) is 9.74. The van der Waals surface area contributed by atoms with Gasteiger partial charge >= 0.3 is 0 Å². The predicted molar refractivity (Wildman–Crippen MR) is 70.5 cm³/mol. The number of Topliss-reactive ketones (excluding diaryl/α,β-unsaturated/α-hetero) is 1. The van der Waals surface area contributed by atoms with Gasteiger partial charge in [0.2, 0.25) is 0 Å². The Balaban J connectivity index is 1.52. The molecule has 2 saturated heterocycles. The van der Waals surface area contributed by atoms with Crippen LogP contribution in [0.25, 0.3) is 0 Å². The normalized spacial score (nSPS) is 37.8. The molecule has 0 spiro atoms. The van der Waals surface area contributed by atoms with Crippen molar-refractivity contribution < 1.29 is 9.53 Å². The van der Waals surface area contributed by atoms with Gasteiger partial charge in [0.05, 0.1) is 6.10 Å². The predicted octanol–water partition coefficient (Wildman–Crippen LogP) is 2.39. The van der Waals surface area contributed by atoms with Crippen molar-refractivity contribution in [3.63, 3.8) is 0 Å². The summed E-state index contributed by atoms with van der Waals surface area (Å²) in [7, 11) is 0. The Labute approximate surface area is 110 Å². The van der Waals surface area contributed by atoms with Crippen molar-refractivity contribution in [3.8, 4) is 0 Å². The lowest BCUT2D eigenvalue weighted by Crippen LogP contribution is -2.38. The maximum atomic E-state index is 11.9. The molecule has 0 radical (unpaired) electrons. The lowest BCUT2D eigenvalue weighted by molar-refractivity contribution is -0.122. The van der Waals surface area contributed by atoms with E-state index in [1.807, 2.05) is 0 Å². The van der Waals surface area contributed by atoms with Gasteiger partial charge in [-0.1, -0.05) is 0 Å². The Bertz CT molecular complexity index is 299. The summed E-state index contributed by atoms with van der Waals surface area (Å²) in [6, 6.07) is 0.557. The monoisotopic (exact) mass is 251 g/mol. The van der Waals surface area contributed by atoms with E-state index in [1.165, 1.54) is 32.2 Å². The van der Waals surface area contributed by atoms with Crippen LogP contribution in [-0.2, 0) is 9.53 Å². The van der Waals surface area contributed by atoms with Gasteiger partial charge in [-0.05, 0) is 51.5 Å². The first-order valence-corrected chi connectivity index (χ1v) is 7.73. The highest BCUT2D eigenvalue weighted by molar-refractivity contribution is 5.83. The second-order valence-corrected chi connectivity index (χ2v) is 6.13. The van der Waals surface area contributed by atoms with Crippen LogP contribution in [0.3, 0.4) is 0 Å². The largest absolute Gasteiger partial charge is 0.378 e. The maximum absolute atomic E-state index is 11.9. The molecule has 2 heterocycles. The summed E-state index contributed by atoms with van der Waals surface area (Å²) < 4.78 is 5.70. The molecule has 3 atom stereocenters. The zero-order chi connectivity index (χ0) is 12.4. The van der Waals surface area contributed by atoms with Crippen molar-refractivity contribution in [2.45, 2.75) is 63.5 Å². The van der Waals surface area contributed by atoms with Crippen molar-refractivity contribution in [2.75, 3.05) is 19.7 Å². The molecule has 0 bridgehead atoms. The Morgan fingerprint density at radius 1 is 1.17 bits per heavy atom. The standard InChI is InChI=1S/C15H25NO2/c17-15-7-1-5-13(15)14-6-2-9-16(14)10-8-12-4-3-11-18-12/h12-14H,1-11H2. The van der Waals surface area contributed by atoms with Crippen molar-refractivity contribution in [2.24, 2.45) is 5.92 Å². The van der Waals surface area contributed by atoms with Gasteiger partial charge in [0.25, 0.3) is 0 Å². The van der Waals surface area contributed by atoms with E-state index in [2.05, 4.69) is 4.90 Å². The quantitative estimate of drug-likeness (QED) is 0.768. The molecule has 2 aliphatic heterocycles. The Hall–Kier alpha value is -0.410. The minimum Gasteiger partial charge on any atom is -0.378 e. The fourth-order valence-electron chi connectivity index (χ4n) is 4.02. The average molecular weight is 251 g/mol. The van der Waals surface area contributed by atoms with E-state index in [4.69, 9.17) is 4.74 Å². The molecule has 0 amide bonds. The summed E-state index contributed by atoms with van der Waals surface area (Å²) >= 11 is 0. The van der Waals surface area contributed by atoms with E-state index in [0.717, 1.165) is 38.8 Å². The second kappa shape index (κ2) is 5.70. The number of rotatable bonds is 4. The summed E-state index contributed by atoms with van der Waals surface area (Å²) in [5, 5.41) is 0. The molecular weight excluding hydrogens is 226 g/mol. The van der Waals surface area contributed by atoms with Crippen LogP contribution in [0.5, 0.6) is 0 Å². The van der Waals surface area contributed by atoms with Crippen LogP contribution in [0.1, 0.15) is 51.4 Å². The number of ketones is 1. The fraction of sp³-hybridized carbons (Fsp3) is 0.933. The van der Waals surface area contributed by atoms with E-state index in [9.17, 15) is 4.79 Å². The maximum Gasteiger partial charge on any atom is 0.137 e. The van der Waals surface area contributed by atoms with Gasteiger partial charge in [0, 0.05) is 31.5 Å². The van der Waals surface area contributed by atoms with Crippen LogP contribution in [0.2, 0.25) is 0 Å². The minimum absolute atomic E-state index is 0.358. The number of ether oxygens (including phenoxy) is 1. The number of carbonyl (C=O) groups is 1. The summed E-state index contributed by atoms with van der Waals surface area (Å²) in [5.41, 5.74) is 0. The number of likely N-dealkylation sites (tertiary alicyclic amines) is 1. The Morgan fingerprint density at radius 3 is 2.83 bits per heavy atom. The highest BCUT2D eigenvalue weighted by atomic mass is 16.5. The van der Waals surface area contributed by atoms with E-state index in [1.54, 1.807) is 0 Å². The third kappa shape index (κ3) is 2.62. The van der Waals surface area contributed by atoms with E-state index in [-0.39, 0.29) is 0 Å². The number of hydrogen-bond acceptors (Lipinski definition) is 3. The van der Waals surface area contributed by atoms with Crippen molar-refractivity contribution in [3.05, 3.63) is 0 Å². The SMILES string of the molecule is O=C1CCCC1C1CCCN1CCC1CCCO1. The number of hydrogen-bond donors (Lipinski definition) is 0. The molecule has 3 heteroatoms. The smallest absolute Gasteiger partial charge is 0.137 e. The molecule has 3 rings (SSSR count). The van der Waals surface area contributed by atoms with Crippen LogP contribution < -0.4 is 0 Å². The molecule has 0 N–H and O–H groups in total. The molecule has 0 aromatic carbocycles. The molecule has 3 aliphatic rings. The van der Waals surface area contributed by atoms with Crippen LogP contribution in [0, 0.1) is 5.92 Å². The third-order valence-corrected chi connectivity index (χ3v) is 4.99. The highest BCUT2D eigenvalue weighted by Gasteiger charge is 2.37.